The third-order valence-corrected chi connectivity index (χ3v) is 5.24. The molecule has 0 atom stereocenters. The summed E-state index contributed by atoms with van der Waals surface area (Å²) in [5, 5.41) is 5.62. The lowest BCUT2D eigenvalue weighted by Gasteiger charge is -2.19. The van der Waals surface area contributed by atoms with Gasteiger partial charge in [0.05, 0.1) is 13.7 Å². The molecule has 2 N–H and O–H groups in total. The van der Waals surface area contributed by atoms with Gasteiger partial charge < -0.3 is 20.1 Å². The molecule has 0 unspecified atom stereocenters. The van der Waals surface area contributed by atoms with E-state index in [-0.39, 0.29) is 30.8 Å². The number of carbonyl (C=O) groups excluding carboxylic acids is 3. The van der Waals surface area contributed by atoms with E-state index in [1.165, 1.54) is 4.90 Å². The fourth-order valence-corrected chi connectivity index (χ4v) is 3.77. The highest BCUT2D eigenvalue weighted by atomic mass is 16.5. The zero-order valence-corrected chi connectivity index (χ0v) is 16.2. The third kappa shape index (κ3) is 4.37. The quantitative estimate of drug-likeness (QED) is 0.496. The topological polar surface area (TPSA) is 97.0 Å². The van der Waals surface area contributed by atoms with Crippen molar-refractivity contribution in [3.63, 3.8) is 0 Å². The van der Waals surface area contributed by atoms with Crippen molar-refractivity contribution in [2.75, 3.05) is 26.8 Å². The van der Waals surface area contributed by atoms with Gasteiger partial charge in [0.25, 0.3) is 5.91 Å². The van der Waals surface area contributed by atoms with E-state index >= 15 is 0 Å². The molecule has 0 aromatic heterocycles. The normalized spacial score (nSPS) is 17.7. The molecule has 8 heteroatoms. The summed E-state index contributed by atoms with van der Waals surface area (Å²) < 4.78 is 10.8. The third-order valence-electron chi connectivity index (χ3n) is 5.24. The van der Waals surface area contributed by atoms with E-state index in [0.29, 0.717) is 43.9 Å². The Morgan fingerprint density at radius 2 is 1.93 bits per heavy atom. The largest absolute Gasteiger partial charge is 0.493 e. The van der Waals surface area contributed by atoms with Crippen LogP contribution in [0.4, 0.5) is 4.79 Å². The number of amides is 4. The molecule has 152 valence electrons. The Labute approximate surface area is 164 Å². The molecular formula is C20H27N3O5. The minimum atomic E-state index is -0.685. The zero-order chi connectivity index (χ0) is 20.0. The molecule has 8 nitrogen and oxygen atoms in total. The van der Waals surface area contributed by atoms with E-state index in [2.05, 4.69) is 10.6 Å². The number of hydrogen-bond acceptors (Lipinski definition) is 5. The number of nitrogens with zero attached hydrogens (tertiary/aromatic N) is 1. The summed E-state index contributed by atoms with van der Waals surface area (Å²) in [6.45, 7) is 0.947. The van der Waals surface area contributed by atoms with E-state index in [0.717, 1.165) is 12.8 Å². The van der Waals surface area contributed by atoms with Crippen LogP contribution in [0.1, 0.15) is 38.5 Å². The monoisotopic (exact) mass is 389 g/mol. The molecule has 28 heavy (non-hydrogen) atoms. The SMILES string of the molecule is COc1ccccc1OCCNC(=O)CCCN1C(=O)NC2(CCCC2)C1=O. The van der Waals surface area contributed by atoms with Gasteiger partial charge in [-0.25, -0.2) is 4.79 Å². The number of rotatable bonds is 9. The standard InChI is InChI=1S/C20H27N3O5/c1-27-15-7-2-3-8-16(15)28-14-12-21-17(24)9-6-13-23-18(25)20(22-19(23)26)10-4-5-11-20/h2-3,7-8H,4-6,9-14H2,1H3,(H,21,24)(H,22,26). The molecule has 1 saturated heterocycles. The Morgan fingerprint density at radius 1 is 1.21 bits per heavy atom. The number of para-hydroxylation sites is 2. The van der Waals surface area contributed by atoms with Gasteiger partial charge in [-0.2, -0.15) is 0 Å². The molecule has 1 aromatic rings. The van der Waals surface area contributed by atoms with Crippen LogP contribution in [0.3, 0.4) is 0 Å². The predicted molar refractivity (Wildman–Crippen MR) is 102 cm³/mol. The highest BCUT2D eigenvalue weighted by molar-refractivity contribution is 6.07. The average molecular weight is 389 g/mol. The summed E-state index contributed by atoms with van der Waals surface area (Å²) in [5.41, 5.74) is -0.685. The second-order valence-corrected chi connectivity index (χ2v) is 7.13. The van der Waals surface area contributed by atoms with Gasteiger partial charge >= 0.3 is 6.03 Å². The van der Waals surface area contributed by atoms with Crippen molar-refractivity contribution in [3.8, 4) is 11.5 Å². The van der Waals surface area contributed by atoms with Crippen LogP contribution in [0.5, 0.6) is 11.5 Å². The molecule has 2 fully saturated rings. The van der Waals surface area contributed by atoms with Gasteiger partial charge in [0, 0.05) is 13.0 Å². The predicted octanol–water partition coefficient (Wildman–Crippen LogP) is 1.83. The van der Waals surface area contributed by atoms with Crippen molar-refractivity contribution < 1.29 is 23.9 Å². The number of urea groups is 1. The van der Waals surface area contributed by atoms with E-state index in [1.807, 2.05) is 12.1 Å². The van der Waals surface area contributed by atoms with E-state index in [4.69, 9.17) is 9.47 Å². The second kappa shape index (κ2) is 8.95. The maximum atomic E-state index is 12.5. The van der Waals surface area contributed by atoms with Crippen LogP contribution in [-0.4, -0.2) is 55.1 Å². The number of hydrogen-bond donors (Lipinski definition) is 2. The van der Waals surface area contributed by atoms with Crippen LogP contribution in [0, 0.1) is 0 Å². The molecule has 4 amide bonds. The van der Waals surface area contributed by atoms with Gasteiger partial charge in [-0.15, -0.1) is 0 Å². The first-order valence-corrected chi connectivity index (χ1v) is 9.72. The minimum absolute atomic E-state index is 0.133. The van der Waals surface area contributed by atoms with Crippen molar-refractivity contribution >= 4 is 17.8 Å². The summed E-state index contributed by atoms with van der Waals surface area (Å²) in [4.78, 5) is 37.8. The van der Waals surface area contributed by atoms with Crippen LogP contribution < -0.4 is 20.1 Å². The van der Waals surface area contributed by atoms with Crippen molar-refractivity contribution in [1.82, 2.24) is 15.5 Å². The van der Waals surface area contributed by atoms with Gasteiger partial charge in [-0.3, -0.25) is 14.5 Å². The molecule has 1 aromatic carbocycles. The fraction of sp³-hybridized carbons (Fsp3) is 0.550. The summed E-state index contributed by atoms with van der Waals surface area (Å²) in [6.07, 6.45) is 4.02. The molecule has 1 aliphatic heterocycles. The molecule has 1 saturated carbocycles. The lowest BCUT2D eigenvalue weighted by molar-refractivity contribution is -0.131. The molecule has 0 bridgehead atoms. The smallest absolute Gasteiger partial charge is 0.325 e. The van der Waals surface area contributed by atoms with Crippen LogP contribution in [0.15, 0.2) is 24.3 Å². The summed E-state index contributed by atoms with van der Waals surface area (Å²) in [6, 6.07) is 6.97. The molecule has 1 spiro atoms. The molecule has 3 rings (SSSR count). The van der Waals surface area contributed by atoms with E-state index in [1.54, 1.807) is 19.2 Å². The number of nitrogens with one attached hydrogen (secondary N) is 2. The number of imide groups is 1. The first kappa shape index (κ1) is 20.0. The summed E-state index contributed by atoms with van der Waals surface area (Å²) in [7, 11) is 1.57. The van der Waals surface area contributed by atoms with Crippen LogP contribution in [0.2, 0.25) is 0 Å². The molecule has 2 aliphatic rings. The number of benzene rings is 1. The van der Waals surface area contributed by atoms with Gasteiger partial charge in [0.2, 0.25) is 5.91 Å². The Morgan fingerprint density at radius 3 is 2.64 bits per heavy atom. The number of methoxy groups -OCH3 is 1. The summed E-state index contributed by atoms with van der Waals surface area (Å²) >= 11 is 0. The zero-order valence-electron chi connectivity index (χ0n) is 16.2. The highest BCUT2D eigenvalue weighted by Crippen LogP contribution is 2.35. The Balaban J connectivity index is 1.34. The van der Waals surface area contributed by atoms with Crippen molar-refractivity contribution in [3.05, 3.63) is 24.3 Å². The Hall–Kier alpha value is -2.77. The Kier molecular flexibility index (Phi) is 6.38. The molecule has 1 heterocycles. The van der Waals surface area contributed by atoms with Gasteiger partial charge in [0.15, 0.2) is 11.5 Å². The number of carbonyl (C=O) groups is 3. The molecule has 0 radical (unpaired) electrons. The van der Waals surface area contributed by atoms with Gasteiger partial charge in [-0.05, 0) is 31.4 Å². The average Bonchev–Trinajstić information content (AvgIpc) is 3.26. The fourth-order valence-electron chi connectivity index (χ4n) is 3.77. The van der Waals surface area contributed by atoms with Crippen molar-refractivity contribution in [1.29, 1.82) is 0 Å². The lowest BCUT2D eigenvalue weighted by atomic mass is 9.98. The maximum absolute atomic E-state index is 12.5. The second-order valence-electron chi connectivity index (χ2n) is 7.13. The van der Waals surface area contributed by atoms with Crippen LogP contribution >= 0.6 is 0 Å². The van der Waals surface area contributed by atoms with Crippen molar-refractivity contribution in [2.45, 2.75) is 44.1 Å². The van der Waals surface area contributed by atoms with E-state index < -0.39 is 5.54 Å². The van der Waals surface area contributed by atoms with Crippen LogP contribution in [-0.2, 0) is 9.59 Å². The van der Waals surface area contributed by atoms with Crippen molar-refractivity contribution in [2.24, 2.45) is 0 Å². The molecular weight excluding hydrogens is 362 g/mol. The first-order chi connectivity index (χ1) is 13.6. The van der Waals surface area contributed by atoms with Gasteiger partial charge in [-0.1, -0.05) is 25.0 Å². The number of ether oxygens (including phenoxy) is 2. The minimum Gasteiger partial charge on any atom is -0.493 e. The lowest BCUT2D eigenvalue weighted by Crippen LogP contribution is -2.44. The first-order valence-electron chi connectivity index (χ1n) is 9.72. The van der Waals surface area contributed by atoms with E-state index in [9.17, 15) is 14.4 Å². The van der Waals surface area contributed by atoms with Gasteiger partial charge in [0.1, 0.15) is 12.1 Å². The highest BCUT2D eigenvalue weighted by Gasteiger charge is 2.51. The summed E-state index contributed by atoms with van der Waals surface area (Å²) in [5.74, 6) is 0.993. The van der Waals surface area contributed by atoms with Crippen LogP contribution in [0.25, 0.3) is 0 Å². The Bertz CT molecular complexity index is 730. The molecule has 1 aliphatic carbocycles. The maximum Gasteiger partial charge on any atom is 0.325 e.